The molecular formula is C34H47ClN2O. The largest absolute Gasteiger partial charge is 0.347 e. The summed E-state index contributed by atoms with van der Waals surface area (Å²) in [5.74, 6) is 2.69. The van der Waals surface area contributed by atoms with Gasteiger partial charge in [0.05, 0.1) is 0 Å². The Morgan fingerprint density at radius 1 is 0.921 bits per heavy atom. The summed E-state index contributed by atoms with van der Waals surface area (Å²) in [5, 5.41) is 1.32. The molecule has 1 heterocycles. The molecule has 0 aliphatic heterocycles. The molecule has 38 heavy (non-hydrogen) atoms. The highest BCUT2D eigenvalue weighted by Crippen LogP contribution is 2.38. The Morgan fingerprint density at radius 3 is 2.39 bits per heavy atom. The second-order valence-corrected chi connectivity index (χ2v) is 12.1. The molecule has 0 saturated heterocycles. The van der Waals surface area contributed by atoms with Crippen molar-refractivity contribution >= 4 is 29.1 Å². The Kier molecular flexibility index (Phi) is 10.5. The minimum atomic E-state index is 0. The average molecular weight is 535 g/mol. The third-order valence-electron chi connectivity index (χ3n) is 9.38. The highest BCUT2D eigenvalue weighted by atomic mass is 35.5. The normalized spacial score (nSPS) is 21.2. The fraction of sp³-hybridized carbons (Fsp3) is 0.559. The van der Waals surface area contributed by atoms with Crippen LogP contribution in [0.25, 0.3) is 10.9 Å². The van der Waals surface area contributed by atoms with Crippen LogP contribution < -0.4 is 5.73 Å². The van der Waals surface area contributed by atoms with Gasteiger partial charge in [0, 0.05) is 42.4 Å². The molecule has 1 atom stereocenters. The molecule has 1 unspecified atom stereocenters. The summed E-state index contributed by atoms with van der Waals surface area (Å²) in [6.45, 7) is 4.07. The molecule has 5 rings (SSSR count). The van der Waals surface area contributed by atoms with Crippen molar-refractivity contribution in [1.29, 1.82) is 0 Å². The molecule has 2 aliphatic rings. The minimum absolute atomic E-state index is 0. The first kappa shape index (κ1) is 28.9. The van der Waals surface area contributed by atoms with Gasteiger partial charge in [0.15, 0.2) is 0 Å². The van der Waals surface area contributed by atoms with Gasteiger partial charge >= 0.3 is 0 Å². The number of fused-ring (bicyclic) bond motifs is 1. The molecule has 3 aromatic rings. The lowest BCUT2D eigenvalue weighted by Gasteiger charge is -2.27. The number of ketones is 1. The van der Waals surface area contributed by atoms with E-state index in [1.807, 2.05) is 0 Å². The van der Waals surface area contributed by atoms with E-state index >= 15 is 0 Å². The SMILES string of the molecule is Cc1cccc(C(CC(=O)CCC2CCC(CN)CC2)c2cn(CC3CCCCC3)c3ccccc23)c1.Cl. The van der Waals surface area contributed by atoms with Crippen LogP contribution in [0.15, 0.2) is 54.7 Å². The van der Waals surface area contributed by atoms with E-state index in [0.29, 0.717) is 30.5 Å². The van der Waals surface area contributed by atoms with E-state index in [-0.39, 0.29) is 18.3 Å². The molecule has 0 spiro atoms. The molecule has 0 bridgehead atoms. The molecule has 2 aromatic carbocycles. The summed E-state index contributed by atoms with van der Waals surface area (Å²) in [6.07, 6.45) is 16.5. The Morgan fingerprint density at radius 2 is 1.66 bits per heavy atom. The van der Waals surface area contributed by atoms with E-state index in [4.69, 9.17) is 5.73 Å². The molecule has 2 aliphatic carbocycles. The maximum atomic E-state index is 13.5. The number of nitrogens with two attached hydrogens (primary N) is 1. The van der Waals surface area contributed by atoms with Gasteiger partial charge in [-0.25, -0.2) is 0 Å². The van der Waals surface area contributed by atoms with Crippen LogP contribution in [-0.2, 0) is 11.3 Å². The van der Waals surface area contributed by atoms with Crippen molar-refractivity contribution in [3.63, 3.8) is 0 Å². The maximum absolute atomic E-state index is 13.5. The molecule has 2 saturated carbocycles. The number of carbonyl (C=O) groups is 1. The molecular weight excluding hydrogens is 488 g/mol. The zero-order valence-corrected chi connectivity index (χ0v) is 24.1. The molecule has 4 heteroatoms. The second-order valence-electron chi connectivity index (χ2n) is 12.1. The van der Waals surface area contributed by atoms with Gasteiger partial charge in [-0.15, -0.1) is 12.4 Å². The van der Waals surface area contributed by atoms with E-state index in [0.717, 1.165) is 25.4 Å². The van der Waals surface area contributed by atoms with Gasteiger partial charge < -0.3 is 10.3 Å². The highest BCUT2D eigenvalue weighted by molar-refractivity contribution is 5.87. The van der Waals surface area contributed by atoms with Crippen LogP contribution in [0.1, 0.15) is 99.7 Å². The van der Waals surface area contributed by atoms with Crippen molar-refractivity contribution < 1.29 is 4.79 Å². The summed E-state index contributed by atoms with van der Waals surface area (Å²) in [4.78, 5) is 13.5. The van der Waals surface area contributed by atoms with Gasteiger partial charge in [-0.2, -0.15) is 0 Å². The van der Waals surface area contributed by atoms with Crippen LogP contribution in [-0.4, -0.2) is 16.9 Å². The van der Waals surface area contributed by atoms with Crippen molar-refractivity contribution in [1.82, 2.24) is 4.57 Å². The first-order valence-corrected chi connectivity index (χ1v) is 15.0. The minimum Gasteiger partial charge on any atom is -0.347 e. The molecule has 2 N–H and O–H groups in total. The zero-order chi connectivity index (χ0) is 25.6. The van der Waals surface area contributed by atoms with Crippen molar-refractivity contribution in [2.45, 2.75) is 96.4 Å². The fourth-order valence-electron chi connectivity index (χ4n) is 7.10. The lowest BCUT2D eigenvalue weighted by molar-refractivity contribution is -0.119. The van der Waals surface area contributed by atoms with Gasteiger partial charge in [0.2, 0.25) is 0 Å². The summed E-state index contributed by atoms with van der Waals surface area (Å²) in [7, 11) is 0. The number of rotatable bonds is 10. The lowest BCUT2D eigenvalue weighted by atomic mass is 9.79. The zero-order valence-electron chi connectivity index (χ0n) is 23.2. The molecule has 3 nitrogen and oxygen atoms in total. The number of nitrogens with zero attached hydrogens (tertiary/aromatic N) is 1. The monoisotopic (exact) mass is 534 g/mol. The van der Waals surface area contributed by atoms with Gasteiger partial charge in [-0.3, -0.25) is 4.79 Å². The average Bonchev–Trinajstić information content (AvgIpc) is 3.29. The third kappa shape index (κ3) is 7.10. The topological polar surface area (TPSA) is 48.0 Å². The summed E-state index contributed by atoms with van der Waals surface area (Å²) in [6, 6.07) is 17.7. The predicted molar refractivity (Wildman–Crippen MR) is 162 cm³/mol. The Labute approximate surface area is 236 Å². The number of hydrogen-bond donors (Lipinski definition) is 1. The Balaban J connectivity index is 0.00000336. The lowest BCUT2D eigenvalue weighted by Crippen LogP contribution is -2.22. The van der Waals surface area contributed by atoms with E-state index in [9.17, 15) is 4.79 Å². The number of para-hydroxylation sites is 1. The number of aryl methyl sites for hydroxylation is 1. The fourth-order valence-corrected chi connectivity index (χ4v) is 7.10. The molecule has 1 aromatic heterocycles. The molecule has 0 radical (unpaired) electrons. The number of halogens is 1. The molecule has 206 valence electrons. The van der Waals surface area contributed by atoms with Crippen LogP contribution in [0.5, 0.6) is 0 Å². The van der Waals surface area contributed by atoms with Crippen molar-refractivity contribution in [3.8, 4) is 0 Å². The summed E-state index contributed by atoms with van der Waals surface area (Å²) < 4.78 is 2.50. The van der Waals surface area contributed by atoms with Crippen LogP contribution in [0, 0.1) is 24.7 Å². The number of aromatic nitrogens is 1. The van der Waals surface area contributed by atoms with Gasteiger partial charge in [-0.1, -0.05) is 80.1 Å². The van der Waals surface area contributed by atoms with Crippen LogP contribution in [0.4, 0.5) is 0 Å². The predicted octanol–water partition coefficient (Wildman–Crippen LogP) is 8.59. The van der Waals surface area contributed by atoms with Crippen molar-refractivity contribution in [3.05, 3.63) is 71.4 Å². The second kappa shape index (κ2) is 13.8. The third-order valence-corrected chi connectivity index (χ3v) is 9.38. The Hall–Kier alpha value is -2.10. The van der Waals surface area contributed by atoms with E-state index in [1.165, 1.54) is 85.4 Å². The van der Waals surface area contributed by atoms with Gasteiger partial charge in [0.25, 0.3) is 0 Å². The number of carbonyl (C=O) groups excluding carboxylic acids is 1. The van der Waals surface area contributed by atoms with E-state index in [2.05, 4.69) is 66.2 Å². The number of benzene rings is 2. The molecule has 0 amide bonds. The Bertz CT molecular complexity index is 1170. The van der Waals surface area contributed by atoms with Crippen LogP contribution in [0.2, 0.25) is 0 Å². The van der Waals surface area contributed by atoms with E-state index in [1.54, 1.807) is 0 Å². The highest BCUT2D eigenvalue weighted by Gasteiger charge is 2.25. The van der Waals surface area contributed by atoms with Crippen molar-refractivity contribution in [2.24, 2.45) is 23.5 Å². The summed E-state index contributed by atoms with van der Waals surface area (Å²) >= 11 is 0. The maximum Gasteiger partial charge on any atom is 0.133 e. The van der Waals surface area contributed by atoms with Crippen LogP contribution >= 0.6 is 12.4 Å². The molecule has 2 fully saturated rings. The van der Waals surface area contributed by atoms with Crippen molar-refractivity contribution in [2.75, 3.05) is 6.54 Å². The van der Waals surface area contributed by atoms with Gasteiger partial charge in [0.1, 0.15) is 5.78 Å². The van der Waals surface area contributed by atoms with Gasteiger partial charge in [-0.05, 0) is 80.5 Å². The first-order chi connectivity index (χ1) is 18.1. The quantitative estimate of drug-likeness (QED) is 0.283. The number of Topliss-reactive ketones (excluding diaryl/α,β-unsaturated/α-hetero) is 1. The standard InChI is InChI=1S/C34H46N2O.ClH/c1-25-8-7-11-29(20-25)32(21-30(37)19-18-26-14-16-27(22-35)17-15-26)33-24-36(23-28-9-3-2-4-10-28)34-13-6-5-12-31(33)34;/h5-8,11-13,20,24,26-28,32H,2-4,9-10,14-19,21-23,35H2,1H3;1H. The van der Waals surface area contributed by atoms with Crippen LogP contribution in [0.3, 0.4) is 0 Å². The summed E-state index contributed by atoms with van der Waals surface area (Å²) in [5.41, 5.74) is 11.1. The number of hydrogen-bond acceptors (Lipinski definition) is 2. The smallest absolute Gasteiger partial charge is 0.133 e. The van der Waals surface area contributed by atoms with E-state index < -0.39 is 0 Å². The first-order valence-electron chi connectivity index (χ1n) is 15.0.